The van der Waals surface area contributed by atoms with Gasteiger partial charge in [0.25, 0.3) is 21.2 Å². The van der Waals surface area contributed by atoms with Crippen molar-refractivity contribution in [2.24, 2.45) is 0 Å². The quantitative estimate of drug-likeness (QED) is 0.473. The molecule has 10 heteroatoms. The zero-order valence-electron chi connectivity index (χ0n) is 9.47. The van der Waals surface area contributed by atoms with Crippen molar-refractivity contribution in [2.45, 2.75) is 18.2 Å². The molecule has 0 N–H and O–H groups in total. The normalized spacial score (nSPS) is 11.6. The van der Waals surface area contributed by atoms with Crippen LogP contribution in [0.2, 0.25) is 0 Å². The largest absolute Gasteiger partial charge is 0.494 e. The number of nitrogens with zero attached hydrogens (tertiary/aromatic N) is 1. The summed E-state index contributed by atoms with van der Waals surface area (Å²) in [5.41, 5.74) is -2.30. The molecule has 0 spiro atoms. The van der Waals surface area contributed by atoms with Crippen LogP contribution in [-0.2, 0) is 9.05 Å². The minimum absolute atomic E-state index is 0.0763. The summed E-state index contributed by atoms with van der Waals surface area (Å²) in [6.45, 7) is 1.62. The van der Waals surface area contributed by atoms with Crippen LogP contribution >= 0.6 is 10.7 Å². The van der Waals surface area contributed by atoms with Crippen molar-refractivity contribution in [1.29, 1.82) is 0 Å². The van der Waals surface area contributed by atoms with Gasteiger partial charge >= 0.3 is 0 Å². The minimum Gasteiger partial charge on any atom is -0.494 e. The summed E-state index contributed by atoms with van der Waals surface area (Å²) in [6.07, 6.45) is -3.36. The molecule has 0 atom stereocenters. The average Bonchev–Trinajstić information content (AvgIpc) is 2.26. The Morgan fingerprint density at radius 2 is 2.05 bits per heavy atom. The molecule has 0 fully saturated rings. The van der Waals surface area contributed by atoms with Gasteiger partial charge in [0.1, 0.15) is 16.2 Å². The van der Waals surface area contributed by atoms with Gasteiger partial charge in [-0.3, -0.25) is 10.1 Å². The molecule has 0 saturated heterocycles. The third kappa shape index (κ3) is 3.51. The van der Waals surface area contributed by atoms with Crippen molar-refractivity contribution in [3.8, 4) is 5.75 Å². The topological polar surface area (TPSA) is 86.5 Å². The zero-order valence-corrected chi connectivity index (χ0v) is 11.0. The SMILES string of the molecule is CCOc1cc([N+](=O)[O-])c(C(F)F)c(S(=O)(=O)Cl)c1. The van der Waals surface area contributed by atoms with E-state index in [1.54, 1.807) is 6.92 Å². The second kappa shape index (κ2) is 5.66. The maximum Gasteiger partial charge on any atom is 0.283 e. The Bertz CT molecular complexity index is 605. The first-order valence-electron chi connectivity index (χ1n) is 4.86. The van der Waals surface area contributed by atoms with Gasteiger partial charge in [-0.1, -0.05) is 0 Å². The third-order valence-corrected chi connectivity index (χ3v) is 3.44. The summed E-state index contributed by atoms with van der Waals surface area (Å²) in [6, 6.07) is 1.47. The summed E-state index contributed by atoms with van der Waals surface area (Å²) in [4.78, 5) is 8.60. The number of ether oxygens (including phenoxy) is 1. The van der Waals surface area contributed by atoms with Crippen LogP contribution < -0.4 is 4.74 Å². The molecular formula is C9H8ClF2NO5S. The van der Waals surface area contributed by atoms with Gasteiger partial charge in [-0.2, -0.15) is 0 Å². The van der Waals surface area contributed by atoms with E-state index in [4.69, 9.17) is 15.4 Å². The van der Waals surface area contributed by atoms with Crippen molar-refractivity contribution in [3.05, 3.63) is 27.8 Å². The lowest BCUT2D eigenvalue weighted by molar-refractivity contribution is -0.386. The van der Waals surface area contributed by atoms with Crippen LogP contribution in [0.5, 0.6) is 5.75 Å². The standard InChI is InChI=1S/C9H8ClF2NO5S/c1-2-18-5-3-6(13(14)15)8(9(11)12)7(4-5)19(10,16)17/h3-4,9H,2H2,1H3. The first kappa shape index (κ1) is 15.6. The summed E-state index contributed by atoms with van der Waals surface area (Å²) in [7, 11) is 0.450. The highest BCUT2D eigenvalue weighted by Gasteiger charge is 2.32. The summed E-state index contributed by atoms with van der Waals surface area (Å²) < 4.78 is 53.0. The Morgan fingerprint density at radius 3 is 2.42 bits per heavy atom. The van der Waals surface area contributed by atoms with Crippen molar-refractivity contribution >= 4 is 25.4 Å². The van der Waals surface area contributed by atoms with E-state index in [0.717, 1.165) is 12.1 Å². The van der Waals surface area contributed by atoms with E-state index < -0.39 is 36.5 Å². The van der Waals surface area contributed by atoms with Crippen molar-refractivity contribution in [3.63, 3.8) is 0 Å². The van der Waals surface area contributed by atoms with Gasteiger partial charge in [-0.05, 0) is 6.92 Å². The fraction of sp³-hybridized carbons (Fsp3) is 0.333. The van der Waals surface area contributed by atoms with E-state index in [1.165, 1.54) is 0 Å². The highest BCUT2D eigenvalue weighted by molar-refractivity contribution is 8.13. The molecule has 0 aliphatic carbocycles. The van der Waals surface area contributed by atoms with E-state index in [1.807, 2.05) is 0 Å². The number of hydrogen-bond acceptors (Lipinski definition) is 5. The molecular weight excluding hydrogens is 308 g/mol. The van der Waals surface area contributed by atoms with E-state index in [2.05, 4.69) is 0 Å². The van der Waals surface area contributed by atoms with Gasteiger partial charge in [-0.15, -0.1) is 0 Å². The number of rotatable bonds is 5. The van der Waals surface area contributed by atoms with Gasteiger partial charge in [0.2, 0.25) is 0 Å². The maximum absolute atomic E-state index is 12.8. The highest BCUT2D eigenvalue weighted by atomic mass is 35.7. The van der Waals surface area contributed by atoms with Gasteiger partial charge in [0.15, 0.2) is 0 Å². The third-order valence-electron chi connectivity index (χ3n) is 2.08. The second-order valence-corrected chi connectivity index (χ2v) is 5.82. The fourth-order valence-corrected chi connectivity index (χ4v) is 2.51. The van der Waals surface area contributed by atoms with Gasteiger partial charge in [0, 0.05) is 16.7 Å². The van der Waals surface area contributed by atoms with Gasteiger partial charge < -0.3 is 4.74 Å². The summed E-state index contributed by atoms with van der Waals surface area (Å²) in [5, 5.41) is 10.7. The molecule has 1 aromatic rings. The first-order valence-corrected chi connectivity index (χ1v) is 7.17. The molecule has 0 radical (unpaired) electrons. The molecule has 0 heterocycles. The van der Waals surface area contributed by atoms with Crippen LogP contribution in [0.4, 0.5) is 14.5 Å². The van der Waals surface area contributed by atoms with Crippen LogP contribution in [-0.4, -0.2) is 19.9 Å². The molecule has 1 rings (SSSR count). The van der Waals surface area contributed by atoms with Crippen LogP contribution in [0, 0.1) is 10.1 Å². The number of nitro benzene ring substituents is 1. The molecule has 6 nitrogen and oxygen atoms in total. The van der Waals surface area contributed by atoms with Crippen LogP contribution in [0.15, 0.2) is 17.0 Å². The molecule has 19 heavy (non-hydrogen) atoms. The summed E-state index contributed by atoms with van der Waals surface area (Å²) in [5.74, 6) is -0.224. The molecule has 0 aliphatic rings. The fourth-order valence-electron chi connectivity index (χ4n) is 1.41. The van der Waals surface area contributed by atoms with E-state index in [0.29, 0.717) is 0 Å². The van der Waals surface area contributed by atoms with E-state index in [-0.39, 0.29) is 12.4 Å². The van der Waals surface area contributed by atoms with Crippen LogP contribution in [0.3, 0.4) is 0 Å². The Kier molecular flexibility index (Phi) is 4.64. The number of halogens is 3. The zero-order chi connectivity index (χ0) is 14.8. The van der Waals surface area contributed by atoms with Crippen molar-refractivity contribution in [2.75, 3.05) is 6.61 Å². The maximum atomic E-state index is 12.8. The molecule has 0 aliphatic heterocycles. The number of benzene rings is 1. The van der Waals surface area contributed by atoms with Crippen LogP contribution in [0.1, 0.15) is 18.9 Å². The molecule has 0 amide bonds. The lowest BCUT2D eigenvalue weighted by atomic mass is 10.1. The molecule has 0 saturated carbocycles. The molecule has 0 bridgehead atoms. The minimum atomic E-state index is -4.57. The van der Waals surface area contributed by atoms with E-state index >= 15 is 0 Å². The smallest absolute Gasteiger partial charge is 0.283 e. The second-order valence-electron chi connectivity index (χ2n) is 3.28. The summed E-state index contributed by atoms with van der Waals surface area (Å²) >= 11 is 0. The number of alkyl halides is 2. The lowest BCUT2D eigenvalue weighted by Crippen LogP contribution is -2.05. The monoisotopic (exact) mass is 315 g/mol. The molecule has 106 valence electrons. The Balaban J connectivity index is 3.71. The Labute approximate surface area is 111 Å². The average molecular weight is 316 g/mol. The Morgan fingerprint density at radius 1 is 1.47 bits per heavy atom. The first-order chi connectivity index (χ1) is 8.68. The van der Waals surface area contributed by atoms with Crippen LogP contribution in [0.25, 0.3) is 0 Å². The number of hydrogen-bond donors (Lipinski definition) is 0. The van der Waals surface area contributed by atoms with Crippen molar-refractivity contribution in [1.82, 2.24) is 0 Å². The molecule has 1 aromatic carbocycles. The Hall–Kier alpha value is -1.48. The molecule has 0 aromatic heterocycles. The van der Waals surface area contributed by atoms with Crippen molar-refractivity contribution < 1.29 is 26.9 Å². The van der Waals surface area contributed by atoms with Gasteiger partial charge in [0.05, 0.1) is 17.6 Å². The highest BCUT2D eigenvalue weighted by Crippen LogP contribution is 2.39. The number of nitro groups is 1. The van der Waals surface area contributed by atoms with E-state index in [9.17, 15) is 27.3 Å². The predicted molar refractivity (Wildman–Crippen MR) is 62.3 cm³/mol. The molecule has 0 unspecified atom stereocenters. The lowest BCUT2D eigenvalue weighted by Gasteiger charge is -2.10. The predicted octanol–water partition coefficient (Wildman–Crippen LogP) is 2.86. The van der Waals surface area contributed by atoms with Gasteiger partial charge in [-0.25, -0.2) is 17.2 Å².